The summed E-state index contributed by atoms with van der Waals surface area (Å²) in [4.78, 5) is 20.0. The molecule has 0 aliphatic heterocycles. The Hall–Kier alpha value is -0.820. The molecule has 0 heterocycles. The molecule has 0 aromatic heterocycles. The van der Waals surface area contributed by atoms with Gasteiger partial charge in [-0.05, 0) is 0 Å². The molecule has 58 valence electrons. The van der Waals surface area contributed by atoms with Crippen molar-refractivity contribution in [2.24, 2.45) is 5.73 Å². The number of carbonyl (C=O) groups is 2. The van der Waals surface area contributed by atoms with E-state index in [-0.39, 0.29) is 0 Å². The van der Waals surface area contributed by atoms with Gasteiger partial charge in [0.05, 0.1) is 0 Å². The summed E-state index contributed by atoms with van der Waals surface area (Å²) >= 11 is 0. The van der Waals surface area contributed by atoms with E-state index in [0.717, 1.165) is 4.72 Å². The summed E-state index contributed by atoms with van der Waals surface area (Å²) in [5, 5.41) is 0. The Morgan fingerprint density at radius 2 is 1.80 bits per heavy atom. The Labute approximate surface area is 60.9 Å². The first-order chi connectivity index (χ1) is 4.33. The molecule has 0 unspecified atom stereocenters. The molecule has 0 atom stereocenters. The Bertz CT molecular complexity index is 256. The fraction of sp³-hybridized carbons (Fsp3) is 0. The van der Waals surface area contributed by atoms with Crippen LogP contribution < -0.4 is 10.5 Å². The molecule has 10 heavy (non-hydrogen) atoms. The van der Waals surface area contributed by atoms with Crippen molar-refractivity contribution in [2.75, 3.05) is 0 Å². The van der Waals surface area contributed by atoms with Crippen molar-refractivity contribution in [3.63, 3.8) is 0 Å². The summed E-state index contributed by atoms with van der Waals surface area (Å²) in [6.07, 6.45) is 0. The number of halogens is 1. The Balaban J connectivity index is 4.21. The van der Waals surface area contributed by atoms with E-state index in [4.69, 9.17) is 0 Å². The van der Waals surface area contributed by atoms with Crippen molar-refractivity contribution >= 4 is 31.7 Å². The van der Waals surface area contributed by atoms with Gasteiger partial charge in [-0.15, -0.1) is 0 Å². The van der Waals surface area contributed by atoms with Crippen LogP contribution in [0.4, 0.5) is 0 Å². The lowest BCUT2D eigenvalue weighted by atomic mass is 10.6. The topological polar surface area (TPSA) is 106 Å². The van der Waals surface area contributed by atoms with Gasteiger partial charge < -0.3 is 5.73 Å². The third-order valence-electron chi connectivity index (χ3n) is 0.438. The number of rotatable bonds is 1. The first kappa shape index (κ1) is 9.18. The van der Waals surface area contributed by atoms with E-state index >= 15 is 0 Å². The molecule has 0 aliphatic rings. The second-order valence-electron chi connectivity index (χ2n) is 1.23. The second-order valence-corrected chi connectivity index (χ2v) is 3.53. The van der Waals surface area contributed by atoms with E-state index in [9.17, 15) is 18.0 Å². The number of primary amides is 1. The Morgan fingerprint density at radius 3 is 1.90 bits per heavy atom. The second kappa shape index (κ2) is 2.84. The highest BCUT2D eigenvalue weighted by Gasteiger charge is 2.14. The van der Waals surface area contributed by atoms with E-state index in [0.29, 0.717) is 0 Å². The van der Waals surface area contributed by atoms with Gasteiger partial charge in [0.1, 0.15) is 0 Å². The maximum atomic E-state index is 10.1. The van der Waals surface area contributed by atoms with E-state index in [1.807, 2.05) is 0 Å². The third kappa shape index (κ3) is 4.10. The van der Waals surface area contributed by atoms with Crippen LogP contribution in [0.3, 0.4) is 0 Å². The molecule has 0 aliphatic carbocycles. The van der Waals surface area contributed by atoms with Gasteiger partial charge in [0, 0.05) is 10.7 Å². The number of hydrogen-bond donors (Lipinski definition) is 2. The molecule has 0 fully saturated rings. The number of nitrogens with two attached hydrogens (primary N) is 1. The average molecular weight is 187 g/mol. The standard InChI is InChI=1S/C2H3ClN2O4S/c3-10(8,9)5-2(7)1(4)6/h(H2,4,6)(H,5,7). The minimum Gasteiger partial charge on any atom is -0.361 e. The predicted molar refractivity (Wildman–Crippen MR) is 32.1 cm³/mol. The monoisotopic (exact) mass is 186 g/mol. The highest BCUT2D eigenvalue weighted by molar-refractivity contribution is 8.12. The van der Waals surface area contributed by atoms with Crippen molar-refractivity contribution in [2.45, 2.75) is 0 Å². The summed E-state index contributed by atoms with van der Waals surface area (Å²) in [6, 6.07) is 0. The molecule has 6 nitrogen and oxygen atoms in total. The molecule has 0 rings (SSSR count). The molecule has 0 bridgehead atoms. The molecule has 0 radical (unpaired) electrons. The largest absolute Gasteiger partial charge is 0.361 e. The molecular weight excluding hydrogens is 184 g/mol. The third-order valence-corrected chi connectivity index (χ3v) is 1.10. The molecule has 2 amide bonds. The fourth-order valence-corrected chi connectivity index (χ4v) is 0.693. The van der Waals surface area contributed by atoms with Crippen LogP contribution in [0.15, 0.2) is 0 Å². The zero-order chi connectivity index (χ0) is 8.36. The fourth-order valence-electron chi connectivity index (χ4n) is 0.161. The van der Waals surface area contributed by atoms with E-state index < -0.39 is 21.1 Å². The summed E-state index contributed by atoms with van der Waals surface area (Å²) in [6.45, 7) is 0. The summed E-state index contributed by atoms with van der Waals surface area (Å²) < 4.78 is 21.1. The highest BCUT2D eigenvalue weighted by Crippen LogP contribution is 1.87. The Kier molecular flexibility index (Phi) is 2.61. The minimum atomic E-state index is -4.20. The van der Waals surface area contributed by atoms with Crippen LogP contribution in [0.25, 0.3) is 0 Å². The van der Waals surface area contributed by atoms with Gasteiger partial charge in [0.15, 0.2) is 0 Å². The lowest BCUT2D eigenvalue weighted by molar-refractivity contribution is -0.136. The number of amides is 2. The van der Waals surface area contributed by atoms with Crippen LogP contribution >= 0.6 is 10.7 Å². The lowest BCUT2D eigenvalue weighted by Gasteiger charge is -1.93. The molecule has 0 aromatic rings. The zero-order valence-electron chi connectivity index (χ0n) is 4.50. The molecule has 8 heteroatoms. The van der Waals surface area contributed by atoms with Crippen LogP contribution in [0.1, 0.15) is 0 Å². The number of hydrogen-bond acceptors (Lipinski definition) is 4. The summed E-state index contributed by atoms with van der Waals surface area (Å²) in [5.41, 5.74) is 4.37. The van der Waals surface area contributed by atoms with Gasteiger partial charge in [-0.2, -0.15) is 8.42 Å². The lowest BCUT2D eigenvalue weighted by Crippen LogP contribution is -2.37. The quantitative estimate of drug-likeness (QED) is 0.367. The first-order valence-electron chi connectivity index (χ1n) is 1.89. The minimum absolute atomic E-state index is 1.14. The number of nitrogens with one attached hydrogen (secondary N) is 1. The molecule has 0 aromatic carbocycles. The normalized spacial score (nSPS) is 10.5. The van der Waals surface area contributed by atoms with Crippen molar-refractivity contribution in [1.82, 2.24) is 4.72 Å². The predicted octanol–water partition coefficient (Wildman–Crippen LogP) is -1.93. The van der Waals surface area contributed by atoms with E-state index in [1.54, 1.807) is 0 Å². The van der Waals surface area contributed by atoms with Gasteiger partial charge >= 0.3 is 21.1 Å². The average Bonchev–Trinajstić information content (AvgIpc) is 1.60. The number of carbonyl (C=O) groups excluding carboxylic acids is 2. The highest BCUT2D eigenvalue weighted by atomic mass is 35.7. The van der Waals surface area contributed by atoms with Gasteiger partial charge in [-0.1, -0.05) is 0 Å². The van der Waals surface area contributed by atoms with Crippen LogP contribution in [0.5, 0.6) is 0 Å². The van der Waals surface area contributed by atoms with Gasteiger partial charge in [0.2, 0.25) is 0 Å². The molecular formula is C2H3ClN2O4S. The molecule has 3 N–H and O–H groups in total. The van der Waals surface area contributed by atoms with Crippen LogP contribution in [0, 0.1) is 0 Å². The van der Waals surface area contributed by atoms with E-state index in [1.165, 1.54) is 0 Å². The summed E-state index contributed by atoms with van der Waals surface area (Å²) in [5.74, 6) is -2.88. The van der Waals surface area contributed by atoms with Gasteiger partial charge in [0.25, 0.3) is 0 Å². The van der Waals surface area contributed by atoms with Gasteiger partial charge in [-0.25, -0.2) is 4.72 Å². The van der Waals surface area contributed by atoms with Crippen molar-refractivity contribution < 1.29 is 18.0 Å². The van der Waals surface area contributed by atoms with Crippen molar-refractivity contribution in [3.8, 4) is 0 Å². The van der Waals surface area contributed by atoms with Crippen LogP contribution in [-0.2, 0) is 18.8 Å². The maximum Gasteiger partial charge on any atom is 0.323 e. The van der Waals surface area contributed by atoms with E-state index in [2.05, 4.69) is 16.4 Å². The van der Waals surface area contributed by atoms with Crippen LogP contribution in [0.2, 0.25) is 0 Å². The molecule has 0 saturated heterocycles. The smallest absolute Gasteiger partial charge is 0.323 e. The van der Waals surface area contributed by atoms with Gasteiger partial charge in [-0.3, -0.25) is 9.59 Å². The first-order valence-corrected chi connectivity index (χ1v) is 4.20. The van der Waals surface area contributed by atoms with Crippen molar-refractivity contribution in [3.05, 3.63) is 0 Å². The zero-order valence-corrected chi connectivity index (χ0v) is 6.07. The van der Waals surface area contributed by atoms with Crippen molar-refractivity contribution in [1.29, 1.82) is 0 Å². The van der Waals surface area contributed by atoms with Crippen LogP contribution in [-0.4, -0.2) is 20.2 Å². The SMILES string of the molecule is NC(=O)C(=O)NS(=O)(=O)Cl. The Morgan fingerprint density at radius 1 is 1.40 bits per heavy atom. The summed E-state index contributed by atoms with van der Waals surface area (Å²) in [7, 11) is 0.308. The molecule has 0 spiro atoms. The molecule has 0 saturated carbocycles. The maximum absolute atomic E-state index is 10.1.